The molecule has 0 saturated carbocycles. The molecule has 9 nitrogen and oxygen atoms in total. The zero-order chi connectivity index (χ0) is 34.9. The van der Waals surface area contributed by atoms with Crippen LogP contribution in [0.15, 0.2) is 77.8 Å². The van der Waals surface area contributed by atoms with Crippen molar-refractivity contribution in [2.45, 2.75) is 50.3 Å². The predicted octanol–water partition coefficient (Wildman–Crippen LogP) is 7.62. The Hall–Kier alpha value is -4.46. The summed E-state index contributed by atoms with van der Waals surface area (Å²) in [4.78, 5) is 18.5. The highest BCUT2D eigenvalue weighted by Crippen LogP contribution is 2.39. The Morgan fingerprint density at radius 1 is 0.918 bits per heavy atom. The SMILES string of the molecule is CC(C)c1nc(-c2cccc(CS(=O)(=O)c3c(F)cccc3F)c2)c(-c2ccnc(Nc3ccc(N4CCN(C(C)C)CC4)cc3O)n2)s1. The number of nitrogens with one attached hydrogen (secondary N) is 1. The molecule has 1 saturated heterocycles. The van der Waals surface area contributed by atoms with Crippen LogP contribution in [0, 0.1) is 11.6 Å². The topological polar surface area (TPSA) is 112 Å². The molecule has 6 rings (SSSR count). The number of anilines is 3. The molecule has 1 fully saturated rings. The maximum absolute atomic E-state index is 14.4. The number of aromatic nitrogens is 3. The first-order valence-electron chi connectivity index (χ1n) is 16.1. The van der Waals surface area contributed by atoms with Gasteiger partial charge in [0.15, 0.2) is 9.84 Å². The Balaban J connectivity index is 1.26. The van der Waals surface area contributed by atoms with Crippen LogP contribution in [0.4, 0.5) is 26.1 Å². The third-order valence-corrected chi connectivity index (χ3v) is 11.6. The van der Waals surface area contributed by atoms with Crippen LogP contribution in [0.25, 0.3) is 21.8 Å². The van der Waals surface area contributed by atoms with Crippen LogP contribution < -0.4 is 10.2 Å². The molecule has 3 heterocycles. The molecule has 0 atom stereocenters. The van der Waals surface area contributed by atoms with Crippen molar-refractivity contribution in [2.24, 2.45) is 0 Å². The normalized spacial score (nSPS) is 14.2. The number of aromatic hydroxyl groups is 1. The van der Waals surface area contributed by atoms with Gasteiger partial charge in [0.2, 0.25) is 5.95 Å². The van der Waals surface area contributed by atoms with Gasteiger partial charge in [0.1, 0.15) is 22.3 Å². The van der Waals surface area contributed by atoms with E-state index in [2.05, 4.69) is 33.9 Å². The monoisotopic (exact) mass is 704 g/mol. The number of sulfone groups is 1. The third-order valence-electron chi connectivity index (χ3n) is 8.45. The fourth-order valence-corrected chi connectivity index (χ4v) is 8.37. The number of nitrogens with zero attached hydrogens (tertiary/aromatic N) is 5. The number of benzene rings is 3. The second-order valence-electron chi connectivity index (χ2n) is 12.6. The van der Waals surface area contributed by atoms with Gasteiger partial charge in [-0.15, -0.1) is 11.3 Å². The highest BCUT2D eigenvalue weighted by Gasteiger charge is 2.26. The lowest BCUT2D eigenvalue weighted by atomic mass is 10.1. The van der Waals surface area contributed by atoms with Crippen LogP contribution in [0.1, 0.15) is 44.2 Å². The molecular weight excluding hydrogens is 667 g/mol. The minimum atomic E-state index is -4.32. The molecule has 5 aromatic rings. The molecule has 0 spiro atoms. The summed E-state index contributed by atoms with van der Waals surface area (Å²) in [6, 6.07) is 17.6. The number of hydrogen-bond donors (Lipinski definition) is 2. The van der Waals surface area contributed by atoms with Gasteiger partial charge in [0.25, 0.3) is 0 Å². The molecule has 2 aromatic heterocycles. The molecule has 0 bridgehead atoms. The van der Waals surface area contributed by atoms with Crippen molar-refractivity contribution < 1.29 is 22.3 Å². The number of phenolic OH excluding ortho intramolecular Hbond substituents is 1. The molecule has 256 valence electrons. The smallest absolute Gasteiger partial charge is 0.227 e. The molecular formula is C36H38F2N6O3S2. The molecule has 49 heavy (non-hydrogen) atoms. The Bertz CT molecular complexity index is 2060. The summed E-state index contributed by atoms with van der Waals surface area (Å²) in [5, 5.41) is 14.9. The van der Waals surface area contributed by atoms with E-state index >= 15 is 0 Å². The van der Waals surface area contributed by atoms with Crippen LogP contribution in [0.3, 0.4) is 0 Å². The first-order chi connectivity index (χ1) is 23.4. The molecule has 1 aliphatic rings. The lowest BCUT2D eigenvalue weighted by molar-refractivity contribution is 0.209. The van der Waals surface area contributed by atoms with Crippen molar-refractivity contribution in [3.8, 4) is 27.6 Å². The molecule has 0 aliphatic carbocycles. The highest BCUT2D eigenvalue weighted by molar-refractivity contribution is 7.90. The largest absolute Gasteiger partial charge is 0.506 e. The van der Waals surface area contributed by atoms with Gasteiger partial charge in [0, 0.05) is 61.7 Å². The summed E-state index contributed by atoms with van der Waals surface area (Å²) in [6.45, 7) is 12.2. The fourth-order valence-electron chi connectivity index (χ4n) is 5.82. The molecule has 0 amide bonds. The summed E-state index contributed by atoms with van der Waals surface area (Å²) in [6.07, 6.45) is 1.62. The zero-order valence-electron chi connectivity index (χ0n) is 27.7. The molecule has 13 heteroatoms. The van der Waals surface area contributed by atoms with E-state index < -0.39 is 32.1 Å². The minimum Gasteiger partial charge on any atom is -0.506 e. The number of rotatable bonds is 10. The molecule has 0 radical (unpaired) electrons. The second kappa shape index (κ2) is 14.2. The summed E-state index contributed by atoms with van der Waals surface area (Å²) >= 11 is 1.47. The maximum Gasteiger partial charge on any atom is 0.227 e. The van der Waals surface area contributed by atoms with Crippen LogP contribution in [-0.4, -0.2) is 65.6 Å². The van der Waals surface area contributed by atoms with Crippen molar-refractivity contribution >= 4 is 38.5 Å². The summed E-state index contributed by atoms with van der Waals surface area (Å²) < 4.78 is 54.9. The standard InChI is InChI=1S/C36H38F2N6O3S2/c1-22(2)35-42-32(25-8-5-7-24(19-25)21-49(46,47)34-27(37)9-6-10-28(34)38)33(48-35)30-13-14-39-36(41-30)40-29-12-11-26(20-31(29)45)44-17-15-43(16-18-44)23(3)4/h5-14,19-20,22-23,45H,15-18,21H2,1-4H3,(H,39,40,41). The van der Waals surface area contributed by atoms with Gasteiger partial charge < -0.3 is 15.3 Å². The van der Waals surface area contributed by atoms with Crippen molar-refractivity contribution in [3.63, 3.8) is 0 Å². The van der Waals surface area contributed by atoms with Crippen molar-refractivity contribution in [1.29, 1.82) is 0 Å². The Morgan fingerprint density at radius 2 is 1.63 bits per heavy atom. The van der Waals surface area contributed by atoms with E-state index in [1.165, 1.54) is 11.3 Å². The first kappa shape index (κ1) is 34.4. The van der Waals surface area contributed by atoms with Crippen LogP contribution in [0.2, 0.25) is 0 Å². The summed E-state index contributed by atoms with van der Waals surface area (Å²) in [5.41, 5.74) is 3.59. The first-order valence-corrected chi connectivity index (χ1v) is 18.6. The molecule has 3 aromatic carbocycles. The molecule has 0 unspecified atom stereocenters. The van der Waals surface area contributed by atoms with Crippen molar-refractivity contribution in [3.05, 3.63) is 95.1 Å². The third kappa shape index (κ3) is 7.58. The average Bonchev–Trinajstić information content (AvgIpc) is 3.52. The van der Waals surface area contributed by atoms with E-state index in [0.717, 1.165) is 60.0 Å². The fraction of sp³-hybridized carbons (Fsp3) is 0.306. The molecule has 2 N–H and O–H groups in total. The summed E-state index contributed by atoms with van der Waals surface area (Å²) in [5.74, 6) is -2.38. The van der Waals surface area contributed by atoms with Gasteiger partial charge >= 0.3 is 0 Å². The van der Waals surface area contributed by atoms with Gasteiger partial charge in [-0.2, -0.15) is 0 Å². The average molecular weight is 705 g/mol. The van der Waals surface area contributed by atoms with Crippen LogP contribution in [0.5, 0.6) is 5.75 Å². The van der Waals surface area contributed by atoms with Crippen LogP contribution in [-0.2, 0) is 15.6 Å². The predicted molar refractivity (Wildman–Crippen MR) is 190 cm³/mol. The molecule has 1 aliphatic heterocycles. The quantitative estimate of drug-likeness (QED) is 0.142. The van der Waals surface area contributed by atoms with E-state index in [4.69, 9.17) is 9.97 Å². The van der Waals surface area contributed by atoms with Gasteiger partial charge in [-0.05, 0) is 55.8 Å². The van der Waals surface area contributed by atoms with Crippen molar-refractivity contribution in [1.82, 2.24) is 19.9 Å². The lowest BCUT2D eigenvalue weighted by Gasteiger charge is -2.38. The number of thiazole rings is 1. The van der Waals surface area contributed by atoms with E-state index in [1.807, 2.05) is 32.0 Å². The van der Waals surface area contributed by atoms with Crippen molar-refractivity contribution in [2.75, 3.05) is 36.4 Å². The minimum absolute atomic E-state index is 0.0837. The van der Waals surface area contributed by atoms with E-state index in [-0.39, 0.29) is 17.6 Å². The number of piperazine rings is 1. The lowest BCUT2D eigenvalue weighted by Crippen LogP contribution is -2.48. The highest BCUT2D eigenvalue weighted by atomic mass is 32.2. The number of hydrogen-bond acceptors (Lipinski definition) is 10. The Labute approximate surface area is 289 Å². The van der Waals surface area contributed by atoms with E-state index in [0.29, 0.717) is 34.2 Å². The number of phenols is 1. The Kier molecular flexibility index (Phi) is 9.96. The van der Waals surface area contributed by atoms with Gasteiger partial charge in [-0.1, -0.05) is 38.1 Å². The Morgan fingerprint density at radius 3 is 2.31 bits per heavy atom. The second-order valence-corrected chi connectivity index (χ2v) is 15.6. The maximum atomic E-state index is 14.4. The van der Waals surface area contributed by atoms with Gasteiger partial charge in [0.05, 0.1) is 32.7 Å². The summed E-state index contributed by atoms with van der Waals surface area (Å²) in [7, 11) is -4.32. The zero-order valence-corrected chi connectivity index (χ0v) is 29.3. The number of halogens is 2. The van der Waals surface area contributed by atoms with Gasteiger partial charge in [-0.3, -0.25) is 4.90 Å². The van der Waals surface area contributed by atoms with Gasteiger partial charge in [-0.25, -0.2) is 32.2 Å². The van der Waals surface area contributed by atoms with Crippen LogP contribution >= 0.6 is 11.3 Å². The van der Waals surface area contributed by atoms with E-state index in [9.17, 15) is 22.3 Å². The van der Waals surface area contributed by atoms with E-state index in [1.54, 1.807) is 36.5 Å².